The molecular formula is C21H21ClO4. The second-order valence-electron chi connectivity index (χ2n) is 6.61. The SMILES string of the molecule is Cc1cc(C=CC(=O)c2ccc(Cl)cc2)cc(C)c1OC(C)(C)C(=O)O. The van der Waals surface area contributed by atoms with E-state index in [-0.39, 0.29) is 5.78 Å². The Labute approximate surface area is 158 Å². The Bertz CT molecular complexity index is 841. The van der Waals surface area contributed by atoms with Crippen molar-refractivity contribution in [1.29, 1.82) is 0 Å². The van der Waals surface area contributed by atoms with Crippen molar-refractivity contribution < 1.29 is 19.4 Å². The van der Waals surface area contributed by atoms with E-state index in [4.69, 9.17) is 16.3 Å². The Morgan fingerprint density at radius 3 is 2.12 bits per heavy atom. The van der Waals surface area contributed by atoms with E-state index in [1.807, 2.05) is 26.0 Å². The summed E-state index contributed by atoms with van der Waals surface area (Å²) in [6.07, 6.45) is 3.22. The maximum Gasteiger partial charge on any atom is 0.347 e. The maximum atomic E-state index is 12.2. The fourth-order valence-electron chi connectivity index (χ4n) is 2.42. The highest BCUT2D eigenvalue weighted by Crippen LogP contribution is 2.29. The lowest BCUT2D eigenvalue weighted by Crippen LogP contribution is -2.38. The molecule has 26 heavy (non-hydrogen) atoms. The van der Waals surface area contributed by atoms with Crippen LogP contribution in [0.4, 0.5) is 0 Å². The first-order valence-corrected chi connectivity index (χ1v) is 8.49. The number of hydrogen-bond donors (Lipinski definition) is 1. The van der Waals surface area contributed by atoms with Crippen LogP contribution in [0.1, 0.15) is 40.9 Å². The van der Waals surface area contributed by atoms with Gasteiger partial charge in [-0.05, 0) is 86.9 Å². The number of allylic oxidation sites excluding steroid dienone is 1. The molecule has 4 nitrogen and oxygen atoms in total. The molecule has 0 bridgehead atoms. The number of carboxylic acids is 1. The molecule has 0 aliphatic rings. The van der Waals surface area contributed by atoms with Gasteiger partial charge in [0.1, 0.15) is 5.75 Å². The largest absolute Gasteiger partial charge is 0.478 e. The fourth-order valence-corrected chi connectivity index (χ4v) is 2.55. The van der Waals surface area contributed by atoms with E-state index >= 15 is 0 Å². The summed E-state index contributed by atoms with van der Waals surface area (Å²) in [5.74, 6) is -0.614. The van der Waals surface area contributed by atoms with Crippen LogP contribution in [0, 0.1) is 13.8 Å². The van der Waals surface area contributed by atoms with Crippen molar-refractivity contribution >= 4 is 29.4 Å². The predicted molar refractivity (Wildman–Crippen MR) is 103 cm³/mol. The third-order valence-corrected chi connectivity index (χ3v) is 4.16. The van der Waals surface area contributed by atoms with Crippen LogP contribution in [0.15, 0.2) is 42.5 Å². The average Bonchev–Trinajstić information content (AvgIpc) is 2.56. The van der Waals surface area contributed by atoms with Crippen LogP contribution in [0.2, 0.25) is 5.02 Å². The highest BCUT2D eigenvalue weighted by molar-refractivity contribution is 6.30. The van der Waals surface area contributed by atoms with E-state index < -0.39 is 11.6 Å². The van der Waals surface area contributed by atoms with Crippen molar-refractivity contribution in [2.45, 2.75) is 33.3 Å². The van der Waals surface area contributed by atoms with E-state index in [0.29, 0.717) is 16.3 Å². The van der Waals surface area contributed by atoms with Gasteiger partial charge in [0.25, 0.3) is 0 Å². The van der Waals surface area contributed by atoms with Gasteiger partial charge < -0.3 is 9.84 Å². The number of aryl methyl sites for hydroxylation is 2. The monoisotopic (exact) mass is 372 g/mol. The van der Waals surface area contributed by atoms with Gasteiger partial charge in [-0.2, -0.15) is 0 Å². The Hall–Kier alpha value is -2.59. The molecule has 0 aliphatic carbocycles. The summed E-state index contributed by atoms with van der Waals surface area (Å²) in [6.45, 7) is 6.71. The summed E-state index contributed by atoms with van der Waals surface area (Å²) in [5, 5.41) is 9.81. The number of carboxylic acid groups (broad SMARTS) is 1. The van der Waals surface area contributed by atoms with E-state index in [0.717, 1.165) is 16.7 Å². The summed E-state index contributed by atoms with van der Waals surface area (Å²) in [5.41, 5.74) is 1.68. The Morgan fingerprint density at radius 2 is 1.62 bits per heavy atom. The quantitative estimate of drug-likeness (QED) is 0.566. The number of aliphatic carboxylic acids is 1. The molecule has 0 radical (unpaired) electrons. The molecule has 136 valence electrons. The van der Waals surface area contributed by atoms with Gasteiger partial charge in [-0.3, -0.25) is 4.79 Å². The highest BCUT2D eigenvalue weighted by Gasteiger charge is 2.30. The summed E-state index contributed by atoms with van der Waals surface area (Å²) in [6, 6.07) is 10.4. The first kappa shape index (κ1) is 19.7. The van der Waals surface area contributed by atoms with Gasteiger partial charge in [-0.1, -0.05) is 17.7 Å². The van der Waals surface area contributed by atoms with Gasteiger partial charge in [0, 0.05) is 10.6 Å². The molecule has 2 aromatic carbocycles. The topological polar surface area (TPSA) is 63.6 Å². The third kappa shape index (κ3) is 4.73. The Balaban J connectivity index is 2.23. The molecule has 2 rings (SSSR count). The van der Waals surface area contributed by atoms with Crippen LogP contribution in [-0.4, -0.2) is 22.5 Å². The molecule has 1 N–H and O–H groups in total. The normalized spacial score (nSPS) is 11.6. The number of ketones is 1. The Morgan fingerprint density at radius 1 is 1.08 bits per heavy atom. The molecule has 0 heterocycles. The lowest BCUT2D eigenvalue weighted by molar-refractivity contribution is -0.152. The lowest BCUT2D eigenvalue weighted by Gasteiger charge is -2.24. The van der Waals surface area contributed by atoms with Gasteiger partial charge >= 0.3 is 5.97 Å². The van der Waals surface area contributed by atoms with E-state index in [9.17, 15) is 14.7 Å². The number of halogens is 1. The fraction of sp³-hybridized carbons (Fsp3) is 0.238. The van der Waals surface area contributed by atoms with E-state index in [1.165, 1.54) is 19.9 Å². The van der Waals surface area contributed by atoms with Crippen molar-refractivity contribution in [3.63, 3.8) is 0 Å². The number of ether oxygens (including phenoxy) is 1. The number of carbonyl (C=O) groups excluding carboxylic acids is 1. The van der Waals surface area contributed by atoms with Crippen molar-refractivity contribution in [2.24, 2.45) is 0 Å². The molecule has 5 heteroatoms. The van der Waals surface area contributed by atoms with Crippen LogP contribution in [-0.2, 0) is 4.79 Å². The summed E-state index contributed by atoms with van der Waals surface area (Å²) in [4.78, 5) is 23.5. The zero-order valence-corrected chi connectivity index (χ0v) is 15.9. The predicted octanol–water partition coefficient (Wildman–Crippen LogP) is 5.09. The van der Waals surface area contributed by atoms with Gasteiger partial charge in [-0.15, -0.1) is 0 Å². The number of benzene rings is 2. The van der Waals surface area contributed by atoms with E-state index in [2.05, 4.69) is 0 Å². The lowest BCUT2D eigenvalue weighted by atomic mass is 10.0. The molecular weight excluding hydrogens is 352 g/mol. The van der Waals surface area contributed by atoms with Gasteiger partial charge in [0.2, 0.25) is 0 Å². The van der Waals surface area contributed by atoms with Gasteiger partial charge in [0.05, 0.1) is 0 Å². The number of carbonyl (C=O) groups is 2. The van der Waals surface area contributed by atoms with Crippen molar-refractivity contribution in [3.8, 4) is 5.75 Å². The molecule has 0 spiro atoms. The zero-order valence-electron chi connectivity index (χ0n) is 15.2. The smallest absolute Gasteiger partial charge is 0.347 e. The summed E-state index contributed by atoms with van der Waals surface area (Å²) >= 11 is 5.83. The molecule has 0 saturated heterocycles. The molecule has 0 fully saturated rings. The first-order chi connectivity index (χ1) is 12.1. The van der Waals surface area contributed by atoms with Crippen LogP contribution in [0.3, 0.4) is 0 Å². The minimum absolute atomic E-state index is 0.121. The van der Waals surface area contributed by atoms with Crippen molar-refractivity contribution in [1.82, 2.24) is 0 Å². The molecule has 0 amide bonds. The second kappa shape index (κ2) is 7.75. The van der Waals surface area contributed by atoms with Crippen LogP contribution < -0.4 is 4.74 Å². The Kier molecular flexibility index (Phi) is 5.88. The molecule has 0 saturated carbocycles. The van der Waals surface area contributed by atoms with Gasteiger partial charge in [-0.25, -0.2) is 4.79 Å². The zero-order chi connectivity index (χ0) is 19.5. The summed E-state index contributed by atoms with van der Waals surface area (Å²) in [7, 11) is 0. The van der Waals surface area contributed by atoms with Crippen LogP contribution in [0.5, 0.6) is 5.75 Å². The number of hydrogen-bond acceptors (Lipinski definition) is 3. The average molecular weight is 373 g/mol. The van der Waals surface area contributed by atoms with Gasteiger partial charge in [0.15, 0.2) is 11.4 Å². The van der Waals surface area contributed by atoms with Crippen molar-refractivity contribution in [2.75, 3.05) is 0 Å². The first-order valence-electron chi connectivity index (χ1n) is 8.12. The molecule has 0 aromatic heterocycles. The standard InChI is InChI=1S/C21H21ClO4/c1-13-11-15(5-10-18(23)16-6-8-17(22)9-7-16)12-14(2)19(13)26-21(3,4)20(24)25/h5-12H,1-4H3,(H,24,25). The molecule has 2 aromatic rings. The maximum absolute atomic E-state index is 12.2. The van der Waals surface area contributed by atoms with E-state index in [1.54, 1.807) is 30.3 Å². The second-order valence-corrected chi connectivity index (χ2v) is 7.04. The highest BCUT2D eigenvalue weighted by atomic mass is 35.5. The molecule has 0 unspecified atom stereocenters. The molecule has 0 aliphatic heterocycles. The minimum Gasteiger partial charge on any atom is -0.478 e. The number of rotatable bonds is 6. The third-order valence-electron chi connectivity index (χ3n) is 3.91. The van der Waals surface area contributed by atoms with Crippen LogP contribution >= 0.6 is 11.6 Å². The molecule has 0 atom stereocenters. The summed E-state index contributed by atoms with van der Waals surface area (Å²) < 4.78 is 5.68. The minimum atomic E-state index is -1.32. The van der Waals surface area contributed by atoms with Crippen LogP contribution in [0.25, 0.3) is 6.08 Å². The van der Waals surface area contributed by atoms with Crippen molar-refractivity contribution in [3.05, 3.63) is 69.8 Å².